The fraction of sp³-hybridized carbons (Fsp3) is 0.381. The lowest BCUT2D eigenvalue weighted by Crippen LogP contribution is -2.50. The van der Waals surface area contributed by atoms with Gasteiger partial charge in [-0.2, -0.15) is 10.4 Å². The fourth-order valence-electron chi connectivity index (χ4n) is 4.30. The molecule has 5 rings (SSSR count). The first-order chi connectivity index (χ1) is 14.5. The van der Waals surface area contributed by atoms with Gasteiger partial charge in [0.05, 0.1) is 47.8 Å². The summed E-state index contributed by atoms with van der Waals surface area (Å²) in [5, 5.41) is 23.5. The topological polar surface area (TPSA) is 111 Å². The van der Waals surface area contributed by atoms with Crippen molar-refractivity contribution in [1.29, 1.82) is 5.26 Å². The Kier molecular flexibility index (Phi) is 4.37. The summed E-state index contributed by atoms with van der Waals surface area (Å²) in [7, 11) is 1.74. The largest absolute Gasteiger partial charge is 0.393 e. The molecule has 3 aromatic rings. The molecule has 0 aromatic carbocycles. The molecule has 9 heteroatoms. The van der Waals surface area contributed by atoms with Crippen LogP contribution >= 0.6 is 0 Å². The van der Waals surface area contributed by atoms with Gasteiger partial charge in [0.2, 0.25) is 5.91 Å². The van der Waals surface area contributed by atoms with Crippen LogP contribution in [0.1, 0.15) is 31.2 Å². The Balaban J connectivity index is 1.60. The van der Waals surface area contributed by atoms with E-state index in [9.17, 15) is 15.2 Å². The molecule has 1 N–H and O–H groups in total. The Labute approximate surface area is 173 Å². The number of hydrogen-bond acceptors (Lipinski definition) is 7. The highest BCUT2D eigenvalue weighted by Crippen LogP contribution is 2.37. The van der Waals surface area contributed by atoms with Crippen LogP contribution in [-0.4, -0.2) is 56.3 Å². The van der Waals surface area contributed by atoms with Crippen molar-refractivity contribution in [2.75, 3.05) is 23.4 Å². The molecular weight excluding hydrogens is 382 g/mol. The van der Waals surface area contributed by atoms with E-state index >= 15 is 0 Å². The van der Waals surface area contributed by atoms with Gasteiger partial charge in [0.25, 0.3) is 0 Å². The van der Waals surface area contributed by atoms with Crippen molar-refractivity contribution in [3.63, 3.8) is 0 Å². The Bertz CT molecular complexity index is 1170. The second-order valence-electron chi connectivity index (χ2n) is 7.86. The molecule has 3 aromatic heterocycles. The molecule has 0 radical (unpaired) electrons. The van der Waals surface area contributed by atoms with E-state index < -0.39 is 0 Å². The van der Waals surface area contributed by atoms with E-state index in [0.29, 0.717) is 17.1 Å². The van der Waals surface area contributed by atoms with Gasteiger partial charge in [-0.05, 0) is 37.8 Å². The molecule has 0 bridgehead atoms. The minimum absolute atomic E-state index is 0.000355. The lowest BCUT2D eigenvalue weighted by Gasteiger charge is -2.41. The van der Waals surface area contributed by atoms with Gasteiger partial charge in [-0.15, -0.1) is 0 Å². The van der Waals surface area contributed by atoms with E-state index in [1.807, 2.05) is 0 Å². The van der Waals surface area contributed by atoms with Crippen LogP contribution in [0.4, 0.5) is 11.5 Å². The maximum Gasteiger partial charge on any atom is 0.246 e. The number of fused-ring (bicyclic) bond motifs is 2. The van der Waals surface area contributed by atoms with Crippen molar-refractivity contribution < 1.29 is 9.90 Å². The number of aliphatic hydroxyl groups excluding tert-OH is 1. The molecule has 0 saturated heterocycles. The number of carbonyl (C=O) groups is 1. The highest BCUT2D eigenvalue weighted by atomic mass is 16.3. The van der Waals surface area contributed by atoms with Crippen LogP contribution in [-0.2, 0) is 4.79 Å². The molecule has 152 valence electrons. The summed E-state index contributed by atoms with van der Waals surface area (Å²) in [4.78, 5) is 25.6. The van der Waals surface area contributed by atoms with Crippen molar-refractivity contribution in [2.45, 2.75) is 37.8 Å². The van der Waals surface area contributed by atoms with Crippen molar-refractivity contribution >= 4 is 22.9 Å². The van der Waals surface area contributed by atoms with Gasteiger partial charge in [-0.3, -0.25) is 4.79 Å². The summed E-state index contributed by atoms with van der Waals surface area (Å²) >= 11 is 0. The first kappa shape index (κ1) is 18.5. The summed E-state index contributed by atoms with van der Waals surface area (Å²) in [6, 6.07) is 5.77. The molecule has 1 saturated carbocycles. The summed E-state index contributed by atoms with van der Waals surface area (Å²) in [6.45, 7) is 0.258. The monoisotopic (exact) mass is 403 g/mol. The number of aromatic nitrogens is 4. The average molecular weight is 403 g/mol. The molecule has 30 heavy (non-hydrogen) atoms. The zero-order chi connectivity index (χ0) is 20.8. The second kappa shape index (κ2) is 7.07. The highest BCUT2D eigenvalue weighted by Gasteiger charge is 2.35. The number of nitrogens with zero attached hydrogens (tertiary/aromatic N) is 7. The van der Waals surface area contributed by atoms with Crippen LogP contribution in [0, 0.1) is 11.3 Å². The Morgan fingerprint density at radius 1 is 1.23 bits per heavy atom. The molecule has 9 nitrogen and oxygen atoms in total. The van der Waals surface area contributed by atoms with E-state index in [1.165, 1.54) is 0 Å². The second-order valence-corrected chi connectivity index (χ2v) is 7.86. The predicted molar refractivity (Wildman–Crippen MR) is 110 cm³/mol. The summed E-state index contributed by atoms with van der Waals surface area (Å²) in [5.41, 5.74) is 2.69. The van der Waals surface area contributed by atoms with Crippen molar-refractivity contribution in [1.82, 2.24) is 19.6 Å². The number of anilines is 2. The first-order valence-electron chi connectivity index (χ1n) is 10.0. The predicted octanol–water partition coefficient (Wildman–Crippen LogP) is 1.75. The third-order valence-corrected chi connectivity index (χ3v) is 6.06. The Morgan fingerprint density at radius 3 is 2.80 bits per heavy atom. The standard InChI is InChI=1S/C21H21N7O2/c1-26-18-11-23-20(16-10-24-28-7-6-13(9-22)8-17(16)28)25-21(18)27(12-19(26)30)14-2-4-15(29)5-3-14/h6-8,10-11,14-15,29H,2-5,12H2,1H3. The van der Waals surface area contributed by atoms with Crippen LogP contribution in [0.2, 0.25) is 0 Å². The van der Waals surface area contributed by atoms with Gasteiger partial charge in [-0.25, -0.2) is 14.5 Å². The smallest absolute Gasteiger partial charge is 0.246 e. The van der Waals surface area contributed by atoms with Crippen molar-refractivity contribution in [3.8, 4) is 17.5 Å². The summed E-state index contributed by atoms with van der Waals surface area (Å²) in [6.07, 6.45) is 7.93. The number of aliphatic hydroxyl groups is 1. The van der Waals surface area contributed by atoms with Crippen LogP contribution in [0.3, 0.4) is 0 Å². The molecule has 4 heterocycles. The van der Waals surface area contributed by atoms with Gasteiger partial charge >= 0.3 is 0 Å². The number of pyridine rings is 1. The number of nitriles is 1. The zero-order valence-corrected chi connectivity index (χ0v) is 16.6. The third-order valence-electron chi connectivity index (χ3n) is 6.06. The van der Waals surface area contributed by atoms with E-state index in [2.05, 4.69) is 21.1 Å². The van der Waals surface area contributed by atoms with Crippen LogP contribution in [0.15, 0.2) is 30.7 Å². The molecule has 1 fully saturated rings. The SMILES string of the molecule is CN1C(=O)CN(C2CCC(O)CC2)c2nc(-c3cnn4ccc(C#N)cc34)ncc21. The van der Waals surface area contributed by atoms with Crippen molar-refractivity contribution in [3.05, 3.63) is 36.3 Å². The van der Waals surface area contributed by atoms with Crippen LogP contribution < -0.4 is 9.80 Å². The molecule has 1 amide bonds. The van der Waals surface area contributed by atoms with Gasteiger partial charge in [0, 0.05) is 19.3 Å². The normalized spacial score (nSPS) is 21.6. The fourth-order valence-corrected chi connectivity index (χ4v) is 4.30. The molecule has 0 unspecified atom stereocenters. The number of likely N-dealkylation sites (N-methyl/N-ethyl adjacent to an activating group) is 1. The molecular formula is C21H21N7O2. The maximum atomic E-state index is 12.6. The number of carbonyl (C=O) groups excluding carboxylic acids is 1. The first-order valence-corrected chi connectivity index (χ1v) is 10.0. The molecule has 1 aliphatic heterocycles. The quantitative estimate of drug-likeness (QED) is 0.694. The highest BCUT2D eigenvalue weighted by molar-refractivity contribution is 6.02. The minimum atomic E-state index is -0.266. The number of amides is 1. The van der Waals surface area contributed by atoms with E-state index in [0.717, 1.165) is 42.6 Å². The average Bonchev–Trinajstić information content (AvgIpc) is 3.19. The van der Waals surface area contributed by atoms with Crippen LogP contribution in [0.25, 0.3) is 16.9 Å². The lowest BCUT2D eigenvalue weighted by molar-refractivity contribution is -0.117. The number of hydrogen-bond donors (Lipinski definition) is 1. The molecule has 0 atom stereocenters. The Morgan fingerprint density at radius 2 is 2.03 bits per heavy atom. The van der Waals surface area contributed by atoms with Gasteiger partial charge < -0.3 is 14.9 Å². The minimum Gasteiger partial charge on any atom is -0.393 e. The zero-order valence-electron chi connectivity index (χ0n) is 16.6. The lowest BCUT2D eigenvalue weighted by atomic mass is 9.91. The Hall–Kier alpha value is -3.51. The maximum absolute atomic E-state index is 12.6. The molecule has 1 aliphatic carbocycles. The number of rotatable bonds is 2. The molecule has 0 spiro atoms. The van der Waals surface area contributed by atoms with E-state index in [-0.39, 0.29) is 24.6 Å². The van der Waals surface area contributed by atoms with Crippen molar-refractivity contribution in [2.24, 2.45) is 0 Å². The van der Waals surface area contributed by atoms with Gasteiger partial charge in [0.15, 0.2) is 11.6 Å². The third kappa shape index (κ3) is 2.97. The summed E-state index contributed by atoms with van der Waals surface area (Å²) in [5.74, 6) is 1.22. The van der Waals surface area contributed by atoms with Crippen LogP contribution in [0.5, 0.6) is 0 Å². The van der Waals surface area contributed by atoms with Gasteiger partial charge in [0.1, 0.15) is 5.69 Å². The molecule has 2 aliphatic rings. The van der Waals surface area contributed by atoms with E-state index in [1.54, 1.807) is 47.2 Å². The summed E-state index contributed by atoms with van der Waals surface area (Å²) < 4.78 is 1.69. The van der Waals surface area contributed by atoms with Gasteiger partial charge in [-0.1, -0.05) is 0 Å². The van der Waals surface area contributed by atoms with E-state index in [4.69, 9.17) is 4.98 Å².